The maximum atomic E-state index is 14.1. The van der Waals surface area contributed by atoms with Gasteiger partial charge in [0.25, 0.3) is 11.2 Å². The Morgan fingerprint density at radius 2 is 1.93 bits per heavy atom. The summed E-state index contributed by atoms with van der Waals surface area (Å²) in [6.45, 7) is 5.72. The number of rotatable bonds is 10. The van der Waals surface area contributed by atoms with E-state index in [-0.39, 0.29) is 22.4 Å². The molecule has 0 saturated carbocycles. The molecule has 0 aliphatic carbocycles. The van der Waals surface area contributed by atoms with Crippen LogP contribution in [0, 0.1) is 10.1 Å². The SMILES string of the molecule is CCOC(=O)C1=C(C)N=c2s/c(=C/c3ccc(Sc4ncccn4)c([N+](=O)[O-])c3)c(=O)n2[C@@H]1c1cc(OCC)c(OC)cc1Br. The van der Waals surface area contributed by atoms with Crippen molar-refractivity contribution >= 4 is 56.8 Å². The largest absolute Gasteiger partial charge is 0.493 e. The van der Waals surface area contributed by atoms with E-state index in [0.29, 0.717) is 54.3 Å². The Balaban J connectivity index is 1.68. The zero-order chi connectivity index (χ0) is 32.2. The summed E-state index contributed by atoms with van der Waals surface area (Å²) in [5.41, 5.74) is 1.00. The highest BCUT2D eigenvalue weighted by Crippen LogP contribution is 2.41. The van der Waals surface area contributed by atoms with Gasteiger partial charge in [-0.3, -0.25) is 19.5 Å². The summed E-state index contributed by atoms with van der Waals surface area (Å²) in [5, 5.41) is 12.3. The molecule has 1 atom stereocenters. The van der Waals surface area contributed by atoms with Gasteiger partial charge in [0.1, 0.15) is 0 Å². The van der Waals surface area contributed by atoms with Crippen molar-refractivity contribution < 1.29 is 23.9 Å². The number of carbonyl (C=O) groups excluding carboxylic acids is 1. The van der Waals surface area contributed by atoms with Crippen LogP contribution < -0.4 is 24.4 Å². The fourth-order valence-corrected chi connectivity index (χ4v) is 7.10. The average Bonchev–Trinajstić information content (AvgIpc) is 3.32. The van der Waals surface area contributed by atoms with Crippen molar-refractivity contribution in [1.29, 1.82) is 0 Å². The lowest BCUT2D eigenvalue weighted by Gasteiger charge is -2.26. The second-order valence-corrected chi connectivity index (χ2v) is 12.3. The number of thiazole rings is 1. The first-order valence-electron chi connectivity index (χ1n) is 13.6. The summed E-state index contributed by atoms with van der Waals surface area (Å²) >= 11 is 5.78. The number of esters is 1. The first-order chi connectivity index (χ1) is 21.7. The molecule has 0 radical (unpaired) electrons. The number of ether oxygens (including phenoxy) is 3. The number of nitro groups is 1. The number of carbonyl (C=O) groups is 1. The van der Waals surface area contributed by atoms with Gasteiger partial charge in [-0.2, -0.15) is 0 Å². The quantitative estimate of drug-likeness (QED) is 0.0971. The lowest BCUT2D eigenvalue weighted by Crippen LogP contribution is -2.40. The van der Waals surface area contributed by atoms with Gasteiger partial charge in [0.15, 0.2) is 21.5 Å². The third kappa shape index (κ3) is 6.55. The predicted molar refractivity (Wildman–Crippen MR) is 172 cm³/mol. The highest BCUT2D eigenvalue weighted by atomic mass is 79.9. The van der Waals surface area contributed by atoms with Gasteiger partial charge in [0.2, 0.25) is 0 Å². The Morgan fingerprint density at radius 1 is 1.18 bits per heavy atom. The molecule has 0 spiro atoms. The summed E-state index contributed by atoms with van der Waals surface area (Å²) in [5.74, 6) is 0.300. The molecule has 12 nitrogen and oxygen atoms in total. The zero-order valence-corrected chi connectivity index (χ0v) is 27.7. The smallest absolute Gasteiger partial charge is 0.338 e. The third-order valence-electron chi connectivity index (χ3n) is 6.62. The molecule has 5 rings (SSSR count). The van der Waals surface area contributed by atoms with Crippen molar-refractivity contribution in [2.24, 2.45) is 4.99 Å². The molecule has 0 N–H and O–H groups in total. The van der Waals surface area contributed by atoms with Gasteiger partial charge in [-0.05, 0) is 74.0 Å². The van der Waals surface area contributed by atoms with E-state index < -0.39 is 22.5 Å². The Morgan fingerprint density at radius 3 is 2.60 bits per heavy atom. The van der Waals surface area contributed by atoms with Crippen LogP contribution in [-0.4, -0.2) is 45.8 Å². The van der Waals surface area contributed by atoms with Crippen molar-refractivity contribution in [2.75, 3.05) is 20.3 Å². The topological polar surface area (TPSA) is 148 Å². The number of halogens is 1. The van der Waals surface area contributed by atoms with Gasteiger partial charge < -0.3 is 14.2 Å². The van der Waals surface area contributed by atoms with E-state index >= 15 is 0 Å². The van der Waals surface area contributed by atoms with E-state index in [0.717, 1.165) is 23.1 Å². The molecule has 2 aromatic heterocycles. The maximum absolute atomic E-state index is 14.1. The van der Waals surface area contributed by atoms with Gasteiger partial charge in [-0.25, -0.2) is 19.8 Å². The van der Waals surface area contributed by atoms with Crippen molar-refractivity contribution in [3.8, 4) is 11.5 Å². The highest BCUT2D eigenvalue weighted by Gasteiger charge is 2.35. The standard InChI is InChI=1S/C30H26BrN5O7S2/c1-5-42-22-14-18(19(31)15-21(22)41-4)26-25(28(38)43-6-2)16(3)34-30-35(26)27(37)24(45-30)13-17-8-9-23(20(12-17)36(39)40)44-29-32-10-7-11-33-29/h7-15,26H,5-6H2,1-4H3/b24-13+/t26-/m1/s1. The van der Waals surface area contributed by atoms with Crippen LogP contribution in [0.3, 0.4) is 0 Å². The zero-order valence-electron chi connectivity index (χ0n) is 24.5. The number of benzene rings is 2. The summed E-state index contributed by atoms with van der Waals surface area (Å²) in [7, 11) is 1.52. The first kappa shape index (κ1) is 32.1. The molecule has 3 heterocycles. The normalized spacial score (nSPS) is 14.5. The number of nitro benzene ring substituents is 1. The van der Waals surface area contributed by atoms with Crippen LogP contribution in [0.15, 0.2) is 84.4 Å². The molecule has 0 amide bonds. The minimum absolute atomic E-state index is 0.129. The Labute approximate surface area is 273 Å². The second-order valence-electron chi connectivity index (χ2n) is 9.38. The number of aromatic nitrogens is 3. The van der Waals surface area contributed by atoms with Crippen LogP contribution in [0.4, 0.5) is 5.69 Å². The van der Waals surface area contributed by atoms with Crippen molar-refractivity contribution in [1.82, 2.24) is 14.5 Å². The fraction of sp³-hybridized carbons (Fsp3) is 0.233. The van der Waals surface area contributed by atoms with Crippen LogP contribution in [0.25, 0.3) is 6.08 Å². The van der Waals surface area contributed by atoms with Gasteiger partial charge in [-0.1, -0.05) is 33.3 Å². The molecule has 0 fully saturated rings. The lowest BCUT2D eigenvalue weighted by atomic mass is 9.95. The molecule has 2 aromatic carbocycles. The van der Waals surface area contributed by atoms with Crippen LogP contribution >= 0.6 is 39.0 Å². The van der Waals surface area contributed by atoms with Crippen LogP contribution in [0.5, 0.6) is 11.5 Å². The molecule has 45 heavy (non-hydrogen) atoms. The van der Waals surface area contributed by atoms with E-state index in [1.54, 1.807) is 62.6 Å². The lowest BCUT2D eigenvalue weighted by molar-refractivity contribution is -0.387. The summed E-state index contributed by atoms with van der Waals surface area (Å²) in [4.78, 5) is 52.4. The van der Waals surface area contributed by atoms with Crippen LogP contribution in [0.1, 0.15) is 37.9 Å². The highest BCUT2D eigenvalue weighted by molar-refractivity contribution is 9.10. The van der Waals surface area contributed by atoms with E-state index in [2.05, 4.69) is 30.9 Å². The van der Waals surface area contributed by atoms with Gasteiger partial charge in [0.05, 0.1) is 52.0 Å². The van der Waals surface area contributed by atoms with Crippen LogP contribution in [0.2, 0.25) is 0 Å². The number of allylic oxidation sites excluding steroid dienone is 1. The molecule has 15 heteroatoms. The van der Waals surface area contributed by atoms with E-state index in [1.165, 1.54) is 17.7 Å². The molecule has 4 aromatic rings. The molecular formula is C30H26BrN5O7S2. The number of hydrogen-bond acceptors (Lipinski definition) is 12. The van der Waals surface area contributed by atoms with Gasteiger partial charge >= 0.3 is 5.97 Å². The average molecular weight is 713 g/mol. The molecule has 232 valence electrons. The minimum atomic E-state index is -0.916. The maximum Gasteiger partial charge on any atom is 0.338 e. The summed E-state index contributed by atoms with van der Waals surface area (Å²) < 4.78 is 19.0. The minimum Gasteiger partial charge on any atom is -0.493 e. The van der Waals surface area contributed by atoms with E-state index in [4.69, 9.17) is 14.2 Å². The molecule has 0 saturated heterocycles. The van der Waals surface area contributed by atoms with E-state index in [9.17, 15) is 19.7 Å². The summed E-state index contributed by atoms with van der Waals surface area (Å²) in [6, 6.07) is 8.85. The second kappa shape index (κ2) is 13.7. The number of methoxy groups -OCH3 is 1. The molecular weight excluding hydrogens is 686 g/mol. The van der Waals surface area contributed by atoms with E-state index in [1.807, 2.05) is 6.92 Å². The molecule has 0 bridgehead atoms. The molecule has 1 aliphatic heterocycles. The van der Waals surface area contributed by atoms with Crippen molar-refractivity contribution in [3.05, 3.63) is 105 Å². The van der Waals surface area contributed by atoms with Gasteiger partial charge in [-0.15, -0.1) is 0 Å². The number of fused-ring (bicyclic) bond motifs is 1. The predicted octanol–water partition coefficient (Wildman–Crippen LogP) is 4.82. The van der Waals surface area contributed by atoms with Crippen LogP contribution in [-0.2, 0) is 9.53 Å². The Hall–Kier alpha value is -4.34. The Kier molecular flexibility index (Phi) is 9.80. The number of nitrogens with zero attached hydrogens (tertiary/aromatic N) is 5. The Bertz CT molecular complexity index is 2010. The first-order valence-corrected chi connectivity index (χ1v) is 16.0. The van der Waals surface area contributed by atoms with Crippen molar-refractivity contribution in [3.63, 3.8) is 0 Å². The monoisotopic (exact) mass is 711 g/mol. The van der Waals surface area contributed by atoms with Gasteiger partial charge in [0, 0.05) is 22.9 Å². The molecule has 1 aliphatic rings. The molecule has 0 unspecified atom stereocenters. The van der Waals surface area contributed by atoms with Crippen molar-refractivity contribution in [2.45, 2.75) is 36.9 Å². The third-order valence-corrected chi connectivity index (χ3v) is 9.24. The summed E-state index contributed by atoms with van der Waals surface area (Å²) in [6.07, 6.45) is 4.68. The fourth-order valence-electron chi connectivity index (χ4n) is 4.71. The number of hydrogen-bond donors (Lipinski definition) is 0.